The number of fused-ring (bicyclic) bond motifs is 1. The summed E-state index contributed by atoms with van der Waals surface area (Å²) in [6.45, 7) is 0. The van der Waals surface area contributed by atoms with E-state index in [1.807, 2.05) is 30.3 Å². The third-order valence-corrected chi connectivity index (χ3v) is 7.27. The fraction of sp³-hybridized carbons (Fsp3) is 0.231. The van der Waals surface area contributed by atoms with Gasteiger partial charge >= 0.3 is 18.1 Å². The number of aromatic nitrogens is 2. The fourth-order valence-corrected chi connectivity index (χ4v) is 5.12. The predicted octanol–water partition coefficient (Wildman–Crippen LogP) is 5.01. The van der Waals surface area contributed by atoms with Gasteiger partial charge in [-0.15, -0.1) is 0 Å². The molecule has 196 valence electrons. The predicted molar refractivity (Wildman–Crippen MR) is 129 cm³/mol. The van der Waals surface area contributed by atoms with E-state index in [0.29, 0.717) is 15.4 Å². The van der Waals surface area contributed by atoms with Gasteiger partial charge in [-0.05, 0) is 54.7 Å². The van der Waals surface area contributed by atoms with E-state index in [2.05, 4.69) is 26.9 Å². The first-order chi connectivity index (χ1) is 18.1. The summed E-state index contributed by atoms with van der Waals surface area (Å²) in [5.41, 5.74) is 8.78. The Morgan fingerprint density at radius 1 is 1.03 bits per heavy atom. The van der Waals surface area contributed by atoms with E-state index in [1.165, 1.54) is 29.0 Å². The van der Waals surface area contributed by atoms with Crippen molar-refractivity contribution >= 4 is 33.6 Å². The zero-order chi connectivity index (χ0) is 27.1. The number of alkyl halides is 3. The van der Waals surface area contributed by atoms with Crippen LogP contribution in [0.3, 0.4) is 0 Å². The van der Waals surface area contributed by atoms with Crippen molar-refractivity contribution in [2.24, 2.45) is 5.73 Å². The molecule has 2 aromatic carbocycles. The quantitative estimate of drug-likeness (QED) is 0.206. The first-order valence-corrected chi connectivity index (χ1v) is 12.3. The highest BCUT2D eigenvalue weighted by Gasteiger charge is 2.47. The van der Waals surface area contributed by atoms with Crippen molar-refractivity contribution in [2.75, 3.05) is 0 Å². The molecule has 2 N–H and O–H groups in total. The van der Waals surface area contributed by atoms with E-state index < -0.39 is 30.0 Å². The van der Waals surface area contributed by atoms with Crippen molar-refractivity contribution in [2.45, 2.75) is 36.9 Å². The minimum atomic E-state index is -5.33. The summed E-state index contributed by atoms with van der Waals surface area (Å²) in [5.74, 6) is -4.74. The SMILES string of the molecule is N[C@H](Cc1ccc(-c2nc3ccc(C4(c5ccccc5)CC4)nc3s2)c(F)c1)C(=O)OOC(=O)C(F)(F)F. The van der Waals surface area contributed by atoms with Crippen LogP contribution < -0.4 is 5.73 Å². The first kappa shape index (κ1) is 25.7. The normalized spacial score (nSPS) is 15.2. The average molecular weight is 546 g/mol. The van der Waals surface area contributed by atoms with Crippen molar-refractivity contribution in [1.82, 2.24) is 9.97 Å². The van der Waals surface area contributed by atoms with Crippen LogP contribution in [0.4, 0.5) is 17.6 Å². The second kappa shape index (κ2) is 9.76. The monoisotopic (exact) mass is 545 g/mol. The maximum atomic E-state index is 15.0. The van der Waals surface area contributed by atoms with Crippen molar-refractivity contribution < 1.29 is 36.9 Å². The summed E-state index contributed by atoms with van der Waals surface area (Å²) in [4.78, 5) is 39.7. The summed E-state index contributed by atoms with van der Waals surface area (Å²) < 4.78 is 51.4. The summed E-state index contributed by atoms with van der Waals surface area (Å²) in [6.07, 6.45) is -3.61. The Labute approximate surface area is 217 Å². The molecule has 0 unspecified atom stereocenters. The number of carbonyl (C=O) groups is 2. The number of thiazole rings is 1. The molecule has 0 spiro atoms. The minimum absolute atomic E-state index is 0.114. The molecule has 0 bridgehead atoms. The van der Waals surface area contributed by atoms with E-state index >= 15 is 0 Å². The molecule has 38 heavy (non-hydrogen) atoms. The standard InChI is InChI=1S/C26H19F4N3O4S/c27-17-12-14(13-18(31)23(34)36-37-24(35)26(28,29)30)6-7-16(17)21-32-19-8-9-20(33-22(19)38-21)25(10-11-25)15-4-2-1-3-5-15/h1-9,12,18H,10-11,13,31H2/t18-/m1/s1. The highest BCUT2D eigenvalue weighted by atomic mass is 32.1. The average Bonchev–Trinajstić information content (AvgIpc) is 3.59. The Bertz CT molecular complexity index is 1520. The van der Waals surface area contributed by atoms with Crippen LogP contribution in [0.25, 0.3) is 20.9 Å². The largest absolute Gasteiger partial charge is 0.495 e. The van der Waals surface area contributed by atoms with Gasteiger partial charge in [0.1, 0.15) is 27.2 Å². The fourth-order valence-electron chi connectivity index (χ4n) is 4.16. The van der Waals surface area contributed by atoms with Gasteiger partial charge in [-0.2, -0.15) is 13.2 Å². The minimum Gasteiger partial charge on any atom is -0.318 e. The van der Waals surface area contributed by atoms with E-state index in [4.69, 9.17) is 10.7 Å². The molecule has 0 aliphatic heterocycles. The van der Waals surface area contributed by atoms with E-state index in [0.717, 1.165) is 24.6 Å². The lowest BCUT2D eigenvalue weighted by molar-refractivity contribution is -0.286. The third-order valence-electron chi connectivity index (χ3n) is 6.28. The Morgan fingerprint density at radius 2 is 1.76 bits per heavy atom. The Kier molecular flexibility index (Phi) is 6.61. The molecular weight excluding hydrogens is 526 g/mol. The van der Waals surface area contributed by atoms with Gasteiger partial charge in [0.25, 0.3) is 0 Å². The van der Waals surface area contributed by atoms with Gasteiger partial charge in [0.15, 0.2) is 0 Å². The maximum Gasteiger partial charge on any atom is 0.495 e. The number of nitrogens with zero attached hydrogens (tertiary/aromatic N) is 2. The van der Waals surface area contributed by atoms with Crippen LogP contribution >= 0.6 is 11.3 Å². The van der Waals surface area contributed by atoms with Crippen LogP contribution in [-0.2, 0) is 31.2 Å². The van der Waals surface area contributed by atoms with Gasteiger partial charge < -0.3 is 5.73 Å². The van der Waals surface area contributed by atoms with Crippen molar-refractivity contribution in [3.63, 3.8) is 0 Å². The first-order valence-electron chi connectivity index (χ1n) is 11.4. The van der Waals surface area contributed by atoms with Gasteiger partial charge in [-0.1, -0.05) is 47.7 Å². The molecule has 0 radical (unpaired) electrons. The molecule has 5 rings (SSSR count). The molecule has 1 saturated carbocycles. The number of carbonyl (C=O) groups excluding carboxylic acids is 2. The van der Waals surface area contributed by atoms with Gasteiger partial charge in [0, 0.05) is 11.0 Å². The molecule has 2 heterocycles. The zero-order valence-corrected chi connectivity index (χ0v) is 20.3. The lowest BCUT2D eigenvalue weighted by Gasteiger charge is -2.14. The summed E-state index contributed by atoms with van der Waals surface area (Å²) in [6, 6.07) is 16.6. The van der Waals surface area contributed by atoms with E-state index in [1.54, 1.807) is 0 Å². The van der Waals surface area contributed by atoms with Gasteiger partial charge in [0.05, 0.1) is 5.69 Å². The highest BCUT2D eigenvalue weighted by Crippen LogP contribution is 2.53. The number of pyridine rings is 1. The van der Waals surface area contributed by atoms with E-state index in [9.17, 15) is 27.2 Å². The maximum absolute atomic E-state index is 15.0. The molecule has 7 nitrogen and oxygen atoms in total. The molecule has 4 aromatic rings. The zero-order valence-electron chi connectivity index (χ0n) is 19.5. The second-order valence-electron chi connectivity index (χ2n) is 8.88. The Hall–Kier alpha value is -3.90. The van der Waals surface area contributed by atoms with Crippen LogP contribution in [0.1, 0.15) is 29.7 Å². The molecule has 0 amide bonds. The number of nitrogens with two attached hydrogens (primary N) is 1. The Balaban J connectivity index is 1.30. The van der Waals surface area contributed by atoms with Gasteiger partial charge in [0.2, 0.25) is 0 Å². The number of halogens is 4. The third kappa shape index (κ3) is 5.09. The van der Waals surface area contributed by atoms with Crippen LogP contribution in [0.15, 0.2) is 60.7 Å². The summed E-state index contributed by atoms with van der Waals surface area (Å²) in [7, 11) is 0. The van der Waals surface area contributed by atoms with Crippen molar-refractivity contribution in [1.29, 1.82) is 0 Å². The van der Waals surface area contributed by atoms with Crippen LogP contribution in [0, 0.1) is 5.82 Å². The van der Waals surface area contributed by atoms with Crippen LogP contribution in [-0.4, -0.2) is 34.1 Å². The topological polar surface area (TPSA) is 104 Å². The number of hydrogen-bond donors (Lipinski definition) is 1. The van der Waals surface area contributed by atoms with Crippen molar-refractivity contribution in [3.8, 4) is 10.6 Å². The molecule has 1 fully saturated rings. The second-order valence-corrected chi connectivity index (χ2v) is 9.86. The molecule has 2 aromatic heterocycles. The number of benzene rings is 2. The smallest absolute Gasteiger partial charge is 0.318 e. The summed E-state index contributed by atoms with van der Waals surface area (Å²) in [5, 5.41) is 0.418. The van der Waals surface area contributed by atoms with Gasteiger partial charge in [-0.25, -0.2) is 33.7 Å². The van der Waals surface area contributed by atoms with Crippen LogP contribution in [0.2, 0.25) is 0 Å². The van der Waals surface area contributed by atoms with Gasteiger partial charge in [-0.3, -0.25) is 0 Å². The highest BCUT2D eigenvalue weighted by molar-refractivity contribution is 7.21. The molecular formula is C26H19F4N3O4S. The molecule has 1 aliphatic rings. The molecule has 0 saturated heterocycles. The lowest BCUT2D eigenvalue weighted by atomic mass is 9.92. The number of rotatable bonds is 6. The molecule has 1 atom stereocenters. The molecule has 12 heteroatoms. The summed E-state index contributed by atoms with van der Waals surface area (Å²) >= 11 is 1.25. The van der Waals surface area contributed by atoms with Crippen molar-refractivity contribution in [3.05, 3.63) is 83.3 Å². The van der Waals surface area contributed by atoms with E-state index in [-0.39, 0.29) is 23.0 Å². The number of hydrogen-bond acceptors (Lipinski definition) is 8. The molecule has 1 aliphatic carbocycles. The van der Waals surface area contributed by atoms with Crippen LogP contribution in [0.5, 0.6) is 0 Å². The lowest BCUT2D eigenvalue weighted by Crippen LogP contribution is -2.36. The Morgan fingerprint density at radius 3 is 2.42 bits per heavy atom.